The molecule has 2 aromatic rings. The highest BCUT2D eigenvalue weighted by Crippen LogP contribution is 2.30. The molecule has 19 heavy (non-hydrogen) atoms. The van der Waals surface area contributed by atoms with E-state index in [1.54, 1.807) is 6.07 Å². The summed E-state index contributed by atoms with van der Waals surface area (Å²) in [6, 6.07) is 6.61. The molecule has 1 fully saturated rings. The lowest BCUT2D eigenvalue weighted by atomic mass is 9.92. The molecule has 100 valence electrons. The molecule has 1 atom stereocenters. The third-order valence-corrected chi connectivity index (χ3v) is 3.85. The van der Waals surface area contributed by atoms with Crippen LogP contribution in [0, 0.1) is 12.7 Å². The zero-order chi connectivity index (χ0) is 13.2. The molecular weight excluding hydrogens is 241 g/mol. The van der Waals surface area contributed by atoms with Crippen LogP contribution in [0.15, 0.2) is 24.3 Å². The van der Waals surface area contributed by atoms with Crippen LogP contribution in [0.2, 0.25) is 0 Å². The second-order valence-corrected chi connectivity index (χ2v) is 5.16. The summed E-state index contributed by atoms with van der Waals surface area (Å²) in [4.78, 5) is 0. The van der Waals surface area contributed by atoms with Gasteiger partial charge in [-0.15, -0.1) is 0 Å². The molecule has 3 rings (SSSR count). The van der Waals surface area contributed by atoms with Gasteiger partial charge in [-0.05, 0) is 44.0 Å². The standard InChI is InChI=1S/C15H18FN3/c1-10-14(11-4-2-6-13(16)8-11)18-19-15(10)12-5-3-7-17-9-12/h2,4,6,8,12,17H,3,5,7,9H2,1H3,(H,18,19). The Morgan fingerprint density at radius 3 is 3.00 bits per heavy atom. The van der Waals surface area contributed by atoms with Crippen molar-refractivity contribution in [3.05, 3.63) is 41.3 Å². The lowest BCUT2D eigenvalue weighted by molar-refractivity contribution is 0.453. The van der Waals surface area contributed by atoms with Crippen LogP contribution in [0.1, 0.15) is 30.0 Å². The zero-order valence-electron chi connectivity index (χ0n) is 11.0. The van der Waals surface area contributed by atoms with Crippen molar-refractivity contribution in [2.75, 3.05) is 13.1 Å². The number of hydrogen-bond donors (Lipinski definition) is 2. The quantitative estimate of drug-likeness (QED) is 0.870. The molecule has 3 nitrogen and oxygen atoms in total. The van der Waals surface area contributed by atoms with Gasteiger partial charge in [-0.2, -0.15) is 5.10 Å². The van der Waals surface area contributed by atoms with E-state index in [-0.39, 0.29) is 5.82 Å². The Morgan fingerprint density at radius 1 is 1.37 bits per heavy atom. The summed E-state index contributed by atoms with van der Waals surface area (Å²) in [5, 5.41) is 10.9. The minimum atomic E-state index is -0.221. The molecule has 0 radical (unpaired) electrons. The van der Waals surface area contributed by atoms with Crippen molar-refractivity contribution < 1.29 is 4.39 Å². The van der Waals surface area contributed by atoms with E-state index in [2.05, 4.69) is 22.4 Å². The summed E-state index contributed by atoms with van der Waals surface area (Å²) in [6.07, 6.45) is 2.37. The number of aromatic amines is 1. The monoisotopic (exact) mass is 259 g/mol. The van der Waals surface area contributed by atoms with E-state index in [4.69, 9.17) is 0 Å². The first-order chi connectivity index (χ1) is 9.25. The SMILES string of the molecule is Cc1c(-c2cccc(F)c2)n[nH]c1C1CCCNC1. The normalized spacial score (nSPS) is 19.6. The molecular formula is C15H18FN3. The Morgan fingerprint density at radius 2 is 2.26 bits per heavy atom. The molecule has 0 aliphatic carbocycles. The van der Waals surface area contributed by atoms with Crippen LogP contribution in [0.25, 0.3) is 11.3 Å². The average molecular weight is 259 g/mol. The molecule has 2 N–H and O–H groups in total. The first-order valence-corrected chi connectivity index (χ1v) is 6.77. The van der Waals surface area contributed by atoms with Gasteiger partial charge in [0.05, 0.1) is 5.69 Å². The van der Waals surface area contributed by atoms with Gasteiger partial charge in [-0.25, -0.2) is 4.39 Å². The van der Waals surface area contributed by atoms with E-state index in [1.807, 2.05) is 6.07 Å². The second kappa shape index (κ2) is 5.13. The average Bonchev–Trinajstić information content (AvgIpc) is 2.81. The third kappa shape index (κ3) is 2.40. The van der Waals surface area contributed by atoms with Gasteiger partial charge in [-0.1, -0.05) is 12.1 Å². The predicted molar refractivity (Wildman–Crippen MR) is 73.6 cm³/mol. The highest BCUT2D eigenvalue weighted by molar-refractivity contribution is 5.63. The molecule has 0 spiro atoms. The summed E-state index contributed by atoms with van der Waals surface area (Å²) in [7, 11) is 0. The fraction of sp³-hybridized carbons (Fsp3) is 0.400. The Kier molecular flexibility index (Phi) is 3.34. The molecule has 4 heteroatoms. The van der Waals surface area contributed by atoms with Crippen molar-refractivity contribution in [1.82, 2.24) is 15.5 Å². The highest BCUT2D eigenvalue weighted by atomic mass is 19.1. The molecule has 0 bridgehead atoms. The van der Waals surface area contributed by atoms with E-state index in [0.717, 1.165) is 29.9 Å². The molecule has 0 saturated carbocycles. The van der Waals surface area contributed by atoms with E-state index < -0.39 is 0 Å². The van der Waals surface area contributed by atoms with E-state index in [0.29, 0.717) is 5.92 Å². The maximum Gasteiger partial charge on any atom is 0.123 e. The number of hydrogen-bond acceptors (Lipinski definition) is 2. The Bertz CT molecular complexity index is 571. The maximum atomic E-state index is 13.3. The van der Waals surface area contributed by atoms with Crippen LogP contribution >= 0.6 is 0 Å². The van der Waals surface area contributed by atoms with Gasteiger partial charge in [0.15, 0.2) is 0 Å². The van der Waals surface area contributed by atoms with Crippen LogP contribution in [-0.2, 0) is 0 Å². The third-order valence-electron chi connectivity index (χ3n) is 3.85. The van der Waals surface area contributed by atoms with Crippen molar-refractivity contribution in [1.29, 1.82) is 0 Å². The van der Waals surface area contributed by atoms with Crippen molar-refractivity contribution >= 4 is 0 Å². The Labute approximate surface area is 112 Å². The number of benzene rings is 1. The fourth-order valence-electron chi connectivity index (χ4n) is 2.82. The smallest absolute Gasteiger partial charge is 0.123 e. The molecule has 0 amide bonds. The van der Waals surface area contributed by atoms with Crippen LogP contribution in [0.5, 0.6) is 0 Å². The Hall–Kier alpha value is -1.68. The minimum absolute atomic E-state index is 0.221. The van der Waals surface area contributed by atoms with Gasteiger partial charge in [-0.3, -0.25) is 5.10 Å². The molecule has 1 aromatic heterocycles. The van der Waals surface area contributed by atoms with Crippen LogP contribution < -0.4 is 5.32 Å². The number of nitrogens with zero attached hydrogens (tertiary/aromatic N) is 1. The number of piperidine rings is 1. The van der Waals surface area contributed by atoms with Crippen molar-refractivity contribution in [3.8, 4) is 11.3 Å². The summed E-state index contributed by atoms with van der Waals surface area (Å²) in [5.74, 6) is 0.268. The van der Waals surface area contributed by atoms with Crippen LogP contribution in [0.4, 0.5) is 4.39 Å². The van der Waals surface area contributed by atoms with Crippen molar-refractivity contribution in [2.45, 2.75) is 25.7 Å². The van der Waals surface area contributed by atoms with Gasteiger partial charge < -0.3 is 5.32 Å². The second-order valence-electron chi connectivity index (χ2n) is 5.16. The predicted octanol–water partition coefficient (Wildman–Crippen LogP) is 2.99. The first kappa shape index (κ1) is 12.4. The molecule has 1 saturated heterocycles. The van der Waals surface area contributed by atoms with Gasteiger partial charge in [0.2, 0.25) is 0 Å². The van der Waals surface area contributed by atoms with E-state index in [1.165, 1.54) is 30.7 Å². The molecule has 1 aliphatic rings. The van der Waals surface area contributed by atoms with Crippen LogP contribution in [0.3, 0.4) is 0 Å². The van der Waals surface area contributed by atoms with E-state index >= 15 is 0 Å². The van der Waals surface area contributed by atoms with Crippen molar-refractivity contribution in [2.24, 2.45) is 0 Å². The topological polar surface area (TPSA) is 40.7 Å². The molecule has 1 aromatic carbocycles. The number of H-pyrrole nitrogens is 1. The van der Waals surface area contributed by atoms with Crippen LogP contribution in [-0.4, -0.2) is 23.3 Å². The summed E-state index contributed by atoms with van der Waals surface area (Å²) in [6.45, 7) is 4.15. The highest BCUT2D eigenvalue weighted by Gasteiger charge is 2.21. The number of rotatable bonds is 2. The lowest BCUT2D eigenvalue weighted by Gasteiger charge is -2.22. The summed E-state index contributed by atoms with van der Waals surface area (Å²) >= 11 is 0. The van der Waals surface area contributed by atoms with Crippen molar-refractivity contribution in [3.63, 3.8) is 0 Å². The van der Waals surface area contributed by atoms with Gasteiger partial charge in [0, 0.05) is 23.7 Å². The molecule has 1 unspecified atom stereocenters. The first-order valence-electron chi connectivity index (χ1n) is 6.77. The maximum absolute atomic E-state index is 13.3. The number of nitrogens with one attached hydrogen (secondary N) is 2. The van der Waals surface area contributed by atoms with Gasteiger partial charge in [0.25, 0.3) is 0 Å². The Balaban J connectivity index is 1.94. The molecule has 1 aliphatic heterocycles. The molecule has 2 heterocycles. The van der Waals surface area contributed by atoms with Gasteiger partial charge >= 0.3 is 0 Å². The number of aromatic nitrogens is 2. The summed E-state index contributed by atoms with van der Waals surface area (Å²) < 4.78 is 13.3. The largest absolute Gasteiger partial charge is 0.316 e. The number of halogens is 1. The zero-order valence-corrected chi connectivity index (χ0v) is 11.0. The van der Waals surface area contributed by atoms with E-state index in [9.17, 15) is 4.39 Å². The summed E-state index contributed by atoms with van der Waals surface area (Å²) in [5.41, 5.74) is 4.02. The van der Waals surface area contributed by atoms with Gasteiger partial charge in [0.1, 0.15) is 5.82 Å². The fourth-order valence-corrected chi connectivity index (χ4v) is 2.82. The minimum Gasteiger partial charge on any atom is -0.316 e. The lowest BCUT2D eigenvalue weighted by Crippen LogP contribution is -2.28.